The van der Waals surface area contributed by atoms with Crippen LogP contribution in [0.15, 0.2) is 54.6 Å². The maximum atomic E-state index is 13.2. The minimum Gasteiger partial charge on any atom is -0.468 e. The van der Waals surface area contributed by atoms with Gasteiger partial charge in [0.1, 0.15) is 22.4 Å². The summed E-state index contributed by atoms with van der Waals surface area (Å²) in [6.07, 6.45) is 0.233. The molecular formula is C28H37N3O6S. The van der Waals surface area contributed by atoms with E-state index in [0.717, 1.165) is 23.5 Å². The van der Waals surface area contributed by atoms with E-state index in [2.05, 4.69) is 10.6 Å². The van der Waals surface area contributed by atoms with E-state index in [0.29, 0.717) is 25.4 Å². The standard InChI is InChI=1S/C28H37N3O6S/c1-28(2,3)37-27(34)29-15-16-31(19-24(32)35-4)18-21-14-17-38-25(26(33)30-21)20-10-12-23(13-11-20)36-22-8-6-5-7-9-22/h5-13,21,25H,14-19H2,1-4H3,(H,29,34)(H,30,33)/t21-,25+/m0/s1. The van der Waals surface area contributed by atoms with Gasteiger partial charge in [-0.25, -0.2) is 4.79 Å². The van der Waals surface area contributed by atoms with Gasteiger partial charge in [0.15, 0.2) is 0 Å². The number of amides is 2. The summed E-state index contributed by atoms with van der Waals surface area (Å²) in [6, 6.07) is 17.0. The second-order valence-electron chi connectivity index (χ2n) is 9.97. The first-order valence-electron chi connectivity index (χ1n) is 12.6. The summed E-state index contributed by atoms with van der Waals surface area (Å²) in [5.74, 6) is 1.78. The average molecular weight is 544 g/mol. The fourth-order valence-corrected chi connectivity index (χ4v) is 5.12. The van der Waals surface area contributed by atoms with Crippen molar-refractivity contribution in [2.75, 3.05) is 39.0 Å². The maximum Gasteiger partial charge on any atom is 0.407 e. The zero-order chi connectivity index (χ0) is 27.5. The predicted molar refractivity (Wildman–Crippen MR) is 147 cm³/mol. The third-order valence-electron chi connectivity index (χ3n) is 5.65. The van der Waals surface area contributed by atoms with Crippen molar-refractivity contribution in [1.29, 1.82) is 0 Å². The molecule has 2 aromatic rings. The lowest BCUT2D eigenvalue weighted by atomic mass is 10.1. The Morgan fingerprint density at radius 1 is 1.08 bits per heavy atom. The lowest BCUT2D eigenvalue weighted by Crippen LogP contribution is -2.47. The Hall–Kier alpha value is -3.24. The van der Waals surface area contributed by atoms with Gasteiger partial charge in [-0.05, 0) is 62.8 Å². The highest BCUT2D eigenvalue weighted by atomic mass is 32.2. The molecule has 3 rings (SSSR count). The van der Waals surface area contributed by atoms with E-state index in [1.165, 1.54) is 7.11 Å². The number of para-hydroxylation sites is 1. The van der Waals surface area contributed by atoms with Crippen LogP contribution < -0.4 is 15.4 Å². The Bertz CT molecular complexity index is 1060. The van der Waals surface area contributed by atoms with Gasteiger partial charge < -0.3 is 24.8 Å². The fraction of sp³-hybridized carbons (Fsp3) is 0.464. The third-order valence-corrected chi connectivity index (χ3v) is 6.94. The number of nitrogens with one attached hydrogen (secondary N) is 2. The lowest BCUT2D eigenvalue weighted by Gasteiger charge is -2.27. The third kappa shape index (κ3) is 9.90. The van der Waals surface area contributed by atoms with Gasteiger partial charge in [-0.3, -0.25) is 14.5 Å². The first-order valence-corrected chi connectivity index (χ1v) is 13.7. The Labute approximate surface area is 228 Å². The number of rotatable bonds is 10. The molecule has 2 atom stereocenters. The molecule has 0 saturated carbocycles. The van der Waals surface area contributed by atoms with E-state index in [9.17, 15) is 14.4 Å². The highest BCUT2D eigenvalue weighted by molar-refractivity contribution is 8.00. The summed E-state index contributed by atoms with van der Waals surface area (Å²) in [5.41, 5.74) is 0.311. The summed E-state index contributed by atoms with van der Waals surface area (Å²) in [6.45, 7) is 6.59. The number of benzene rings is 2. The minimum absolute atomic E-state index is 0.0539. The maximum absolute atomic E-state index is 13.2. The normalized spacial score (nSPS) is 17.8. The minimum atomic E-state index is -0.593. The topological polar surface area (TPSA) is 106 Å². The second kappa shape index (κ2) is 14.1. The van der Waals surface area contributed by atoms with Crippen molar-refractivity contribution in [2.45, 2.75) is 44.1 Å². The van der Waals surface area contributed by atoms with E-state index in [-0.39, 0.29) is 29.7 Å². The Kier molecular flexibility index (Phi) is 10.8. The zero-order valence-corrected chi connectivity index (χ0v) is 23.2. The summed E-state index contributed by atoms with van der Waals surface area (Å²) in [5, 5.41) is 5.51. The van der Waals surface area contributed by atoms with Gasteiger partial charge in [-0.1, -0.05) is 30.3 Å². The number of esters is 1. The number of thioether (sulfide) groups is 1. The monoisotopic (exact) mass is 543 g/mol. The molecule has 1 aliphatic heterocycles. The van der Waals surface area contributed by atoms with Crippen LogP contribution >= 0.6 is 11.8 Å². The molecule has 206 valence electrons. The molecule has 1 fully saturated rings. The molecule has 1 saturated heterocycles. The van der Waals surface area contributed by atoms with Gasteiger partial charge in [0.2, 0.25) is 5.91 Å². The number of methoxy groups -OCH3 is 1. The van der Waals surface area contributed by atoms with E-state index in [1.807, 2.05) is 59.5 Å². The zero-order valence-electron chi connectivity index (χ0n) is 22.4. The van der Waals surface area contributed by atoms with E-state index in [4.69, 9.17) is 14.2 Å². The van der Waals surface area contributed by atoms with Crippen molar-refractivity contribution in [3.63, 3.8) is 0 Å². The highest BCUT2D eigenvalue weighted by Gasteiger charge is 2.29. The quantitative estimate of drug-likeness (QED) is 0.431. The van der Waals surface area contributed by atoms with Gasteiger partial charge in [0.05, 0.1) is 13.7 Å². The van der Waals surface area contributed by atoms with Crippen LogP contribution in [0.1, 0.15) is 38.0 Å². The Morgan fingerprint density at radius 2 is 1.76 bits per heavy atom. The van der Waals surface area contributed by atoms with E-state index >= 15 is 0 Å². The Morgan fingerprint density at radius 3 is 2.42 bits per heavy atom. The molecule has 0 unspecified atom stereocenters. The molecular weight excluding hydrogens is 506 g/mol. The van der Waals surface area contributed by atoms with Crippen molar-refractivity contribution in [3.8, 4) is 11.5 Å². The first-order chi connectivity index (χ1) is 18.1. The van der Waals surface area contributed by atoms with Gasteiger partial charge in [-0.2, -0.15) is 0 Å². The number of carbonyl (C=O) groups excluding carboxylic acids is 3. The van der Waals surface area contributed by atoms with Crippen LogP contribution in [0.4, 0.5) is 4.79 Å². The van der Waals surface area contributed by atoms with Crippen LogP contribution in [0, 0.1) is 0 Å². The number of nitrogens with zero attached hydrogens (tertiary/aromatic N) is 1. The van der Waals surface area contributed by atoms with Crippen molar-refractivity contribution in [3.05, 3.63) is 60.2 Å². The van der Waals surface area contributed by atoms with Gasteiger partial charge in [-0.15, -0.1) is 11.8 Å². The van der Waals surface area contributed by atoms with Crippen LogP contribution in [0.25, 0.3) is 0 Å². The van der Waals surface area contributed by atoms with Crippen molar-refractivity contribution in [2.24, 2.45) is 0 Å². The number of carbonyl (C=O) groups is 3. The first kappa shape index (κ1) is 29.3. The summed E-state index contributed by atoms with van der Waals surface area (Å²) in [4.78, 5) is 39.0. The molecule has 0 aromatic heterocycles. The van der Waals surface area contributed by atoms with Crippen LogP contribution in [-0.4, -0.2) is 73.6 Å². The molecule has 0 spiro atoms. The smallest absolute Gasteiger partial charge is 0.407 e. The van der Waals surface area contributed by atoms with Crippen molar-refractivity contribution in [1.82, 2.24) is 15.5 Å². The van der Waals surface area contributed by atoms with Crippen LogP contribution in [-0.2, 0) is 19.1 Å². The molecule has 1 heterocycles. The molecule has 2 aromatic carbocycles. The van der Waals surface area contributed by atoms with Crippen molar-refractivity contribution < 1.29 is 28.6 Å². The summed E-state index contributed by atoms with van der Waals surface area (Å²) in [7, 11) is 1.34. The number of alkyl carbamates (subject to hydrolysis) is 1. The number of hydrogen-bond acceptors (Lipinski definition) is 8. The molecule has 10 heteroatoms. The Balaban J connectivity index is 1.56. The molecule has 0 aliphatic carbocycles. The van der Waals surface area contributed by atoms with Gasteiger partial charge in [0.25, 0.3) is 0 Å². The SMILES string of the molecule is COC(=O)CN(CCNC(=O)OC(C)(C)C)C[C@@H]1CCS[C@H](c2ccc(Oc3ccccc3)cc2)C(=O)N1. The molecule has 9 nitrogen and oxygen atoms in total. The van der Waals surface area contributed by atoms with E-state index in [1.54, 1.807) is 32.5 Å². The predicted octanol–water partition coefficient (Wildman–Crippen LogP) is 4.14. The molecule has 2 N–H and O–H groups in total. The van der Waals surface area contributed by atoms with Crippen LogP contribution in [0.5, 0.6) is 11.5 Å². The molecule has 1 aliphatic rings. The second-order valence-corrected chi connectivity index (χ2v) is 11.2. The molecule has 0 bridgehead atoms. The summed E-state index contributed by atoms with van der Waals surface area (Å²) < 4.78 is 16.0. The highest BCUT2D eigenvalue weighted by Crippen LogP contribution is 2.33. The number of hydrogen-bond donors (Lipinski definition) is 2. The van der Waals surface area contributed by atoms with Gasteiger partial charge >= 0.3 is 12.1 Å². The van der Waals surface area contributed by atoms with Gasteiger partial charge in [0, 0.05) is 25.7 Å². The lowest BCUT2D eigenvalue weighted by molar-refractivity contribution is -0.141. The van der Waals surface area contributed by atoms with Crippen LogP contribution in [0.2, 0.25) is 0 Å². The number of ether oxygens (including phenoxy) is 3. The summed E-state index contributed by atoms with van der Waals surface area (Å²) >= 11 is 1.59. The fourth-order valence-electron chi connectivity index (χ4n) is 3.90. The average Bonchev–Trinajstić information content (AvgIpc) is 3.04. The van der Waals surface area contributed by atoms with Crippen molar-refractivity contribution >= 4 is 29.7 Å². The largest absolute Gasteiger partial charge is 0.468 e. The molecule has 0 radical (unpaired) electrons. The molecule has 38 heavy (non-hydrogen) atoms. The van der Waals surface area contributed by atoms with Crippen LogP contribution in [0.3, 0.4) is 0 Å². The van der Waals surface area contributed by atoms with E-state index < -0.39 is 11.7 Å². The molecule has 2 amide bonds.